The van der Waals surface area contributed by atoms with Crippen LogP contribution in [0, 0.1) is 10.1 Å². The van der Waals surface area contributed by atoms with Crippen LogP contribution in [0.25, 0.3) is 0 Å². The lowest BCUT2D eigenvalue weighted by Crippen LogP contribution is -2.36. The Kier molecular flexibility index (Phi) is 5.26. The van der Waals surface area contributed by atoms with E-state index < -0.39 is 22.7 Å². The maximum absolute atomic E-state index is 11.8. The molecule has 0 saturated carbocycles. The van der Waals surface area contributed by atoms with Gasteiger partial charge in [0.15, 0.2) is 0 Å². The van der Waals surface area contributed by atoms with Crippen LogP contribution in [0.1, 0.15) is 32.4 Å². The Hall–Kier alpha value is -2.15. The molecule has 1 N–H and O–H groups in total. The molecule has 1 rings (SSSR count). The van der Waals surface area contributed by atoms with Crippen LogP contribution in [0.4, 0.5) is 10.5 Å². The van der Waals surface area contributed by atoms with Gasteiger partial charge >= 0.3 is 6.09 Å². The van der Waals surface area contributed by atoms with Gasteiger partial charge < -0.3 is 14.7 Å². The number of likely N-dealkylation sites (N-methyl/N-ethyl adjacent to an activating group) is 1. The minimum Gasteiger partial charge on any atom is -0.444 e. The van der Waals surface area contributed by atoms with Gasteiger partial charge in [-0.15, -0.1) is 0 Å². The van der Waals surface area contributed by atoms with Gasteiger partial charge in [0.2, 0.25) is 0 Å². The highest BCUT2D eigenvalue weighted by atomic mass is 16.6. The number of aliphatic hydroxyl groups is 1. The number of amides is 1. The number of carbonyl (C=O) groups is 1. The van der Waals surface area contributed by atoms with Crippen LogP contribution in [0.5, 0.6) is 0 Å². The van der Waals surface area contributed by atoms with Gasteiger partial charge in [0.05, 0.1) is 17.6 Å². The first-order valence-corrected chi connectivity index (χ1v) is 6.46. The Balaban J connectivity index is 2.72. The SMILES string of the molecule is CN(CC(O)c1cccc([N+](=O)[O-])c1)C(=O)OC(C)(C)C. The van der Waals surface area contributed by atoms with E-state index >= 15 is 0 Å². The lowest BCUT2D eigenvalue weighted by molar-refractivity contribution is -0.385. The van der Waals surface area contributed by atoms with Crippen LogP contribution in [0.3, 0.4) is 0 Å². The Labute approximate surface area is 123 Å². The third-order valence-corrected chi connectivity index (χ3v) is 2.62. The summed E-state index contributed by atoms with van der Waals surface area (Å²) in [5.41, 5.74) is -0.354. The van der Waals surface area contributed by atoms with E-state index in [0.717, 1.165) is 0 Å². The largest absolute Gasteiger partial charge is 0.444 e. The van der Waals surface area contributed by atoms with Gasteiger partial charge in [-0.1, -0.05) is 12.1 Å². The highest BCUT2D eigenvalue weighted by Crippen LogP contribution is 2.20. The molecular weight excluding hydrogens is 276 g/mol. The number of nitro benzene ring substituents is 1. The molecule has 0 bridgehead atoms. The quantitative estimate of drug-likeness (QED) is 0.680. The van der Waals surface area contributed by atoms with Crippen molar-refractivity contribution in [2.24, 2.45) is 0 Å². The van der Waals surface area contributed by atoms with Gasteiger partial charge in [0.1, 0.15) is 5.60 Å². The minimum atomic E-state index is -1.03. The first-order chi connectivity index (χ1) is 9.60. The van der Waals surface area contributed by atoms with Crippen molar-refractivity contribution in [1.29, 1.82) is 0 Å². The molecule has 7 nitrogen and oxygen atoms in total. The standard InChI is InChI=1S/C14H20N2O5/c1-14(2,3)21-13(18)15(4)9-12(17)10-6-5-7-11(8-10)16(19)20/h5-8,12,17H,9H2,1-4H3. The van der Waals surface area contributed by atoms with Crippen molar-refractivity contribution in [2.45, 2.75) is 32.5 Å². The van der Waals surface area contributed by atoms with E-state index in [9.17, 15) is 20.0 Å². The van der Waals surface area contributed by atoms with E-state index in [-0.39, 0.29) is 12.2 Å². The topological polar surface area (TPSA) is 92.9 Å². The summed E-state index contributed by atoms with van der Waals surface area (Å²) in [7, 11) is 1.49. The van der Waals surface area contributed by atoms with Crippen molar-refractivity contribution in [1.82, 2.24) is 4.90 Å². The van der Waals surface area contributed by atoms with Crippen molar-refractivity contribution in [3.63, 3.8) is 0 Å². The molecule has 1 amide bonds. The summed E-state index contributed by atoms with van der Waals surface area (Å²) in [4.78, 5) is 23.2. The predicted octanol–water partition coefficient (Wildman–Crippen LogP) is 2.50. The summed E-state index contributed by atoms with van der Waals surface area (Å²) in [6.45, 7) is 5.22. The third kappa shape index (κ3) is 5.39. The molecule has 0 fully saturated rings. The fraction of sp³-hybridized carbons (Fsp3) is 0.500. The second kappa shape index (κ2) is 6.53. The van der Waals surface area contributed by atoms with Gasteiger partial charge in [-0.25, -0.2) is 4.79 Å². The van der Waals surface area contributed by atoms with Gasteiger partial charge in [0.25, 0.3) is 5.69 Å². The fourth-order valence-electron chi connectivity index (χ4n) is 1.62. The monoisotopic (exact) mass is 296 g/mol. The second-order valence-corrected chi connectivity index (χ2v) is 5.73. The van der Waals surface area contributed by atoms with Crippen LogP contribution in [0.2, 0.25) is 0 Å². The Morgan fingerprint density at radius 2 is 2.10 bits per heavy atom. The van der Waals surface area contributed by atoms with E-state index in [0.29, 0.717) is 5.56 Å². The average molecular weight is 296 g/mol. The van der Waals surface area contributed by atoms with Crippen molar-refractivity contribution in [3.8, 4) is 0 Å². The number of rotatable bonds is 4. The summed E-state index contributed by atoms with van der Waals surface area (Å²) in [6, 6.07) is 5.69. The Morgan fingerprint density at radius 1 is 1.48 bits per heavy atom. The molecule has 0 spiro atoms. The van der Waals surface area contributed by atoms with E-state index in [4.69, 9.17) is 4.74 Å². The molecule has 0 aromatic heterocycles. The number of non-ortho nitro benzene ring substituents is 1. The molecular formula is C14H20N2O5. The normalized spacial score (nSPS) is 12.6. The molecule has 0 aliphatic heterocycles. The average Bonchev–Trinajstić information content (AvgIpc) is 2.36. The van der Waals surface area contributed by atoms with Crippen LogP contribution in [-0.4, -0.2) is 40.2 Å². The molecule has 21 heavy (non-hydrogen) atoms. The summed E-state index contributed by atoms with van der Waals surface area (Å²) >= 11 is 0. The zero-order chi connectivity index (χ0) is 16.2. The summed E-state index contributed by atoms with van der Waals surface area (Å²) in [5, 5.41) is 20.8. The zero-order valence-electron chi connectivity index (χ0n) is 12.6. The number of nitro groups is 1. The smallest absolute Gasteiger partial charge is 0.410 e. The molecule has 7 heteroatoms. The molecule has 116 valence electrons. The van der Waals surface area contributed by atoms with Gasteiger partial charge in [-0.05, 0) is 26.3 Å². The molecule has 1 atom stereocenters. The zero-order valence-corrected chi connectivity index (χ0v) is 12.6. The first kappa shape index (κ1) is 16.9. The van der Waals surface area contributed by atoms with E-state index in [1.165, 1.54) is 30.1 Å². The van der Waals surface area contributed by atoms with Crippen LogP contribution in [-0.2, 0) is 4.74 Å². The maximum atomic E-state index is 11.8. The molecule has 0 aliphatic rings. The number of ether oxygens (including phenoxy) is 1. The van der Waals surface area contributed by atoms with Crippen LogP contribution >= 0.6 is 0 Å². The second-order valence-electron chi connectivity index (χ2n) is 5.73. The number of carbonyl (C=O) groups excluding carboxylic acids is 1. The molecule has 0 radical (unpaired) electrons. The lowest BCUT2D eigenvalue weighted by Gasteiger charge is -2.26. The lowest BCUT2D eigenvalue weighted by atomic mass is 10.1. The number of hydrogen-bond donors (Lipinski definition) is 1. The van der Waals surface area contributed by atoms with Crippen LogP contribution < -0.4 is 0 Å². The molecule has 0 heterocycles. The molecule has 1 aromatic rings. The molecule has 0 aliphatic carbocycles. The summed E-state index contributed by atoms with van der Waals surface area (Å²) in [6.07, 6.45) is -1.59. The number of hydrogen-bond acceptors (Lipinski definition) is 5. The number of nitrogens with zero attached hydrogens (tertiary/aromatic N) is 2. The fourth-order valence-corrected chi connectivity index (χ4v) is 1.62. The van der Waals surface area contributed by atoms with E-state index in [2.05, 4.69) is 0 Å². The van der Waals surface area contributed by atoms with Crippen molar-refractivity contribution in [2.75, 3.05) is 13.6 Å². The van der Waals surface area contributed by atoms with Gasteiger partial charge in [0, 0.05) is 19.2 Å². The maximum Gasteiger partial charge on any atom is 0.410 e. The predicted molar refractivity (Wildman–Crippen MR) is 76.9 cm³/mol. The minimum absolute atomic E-state index is 0.0178. The summed E-state index contributed by atoms with van der Waals surface area (Å²) < 4.78 is 5.17. The van der Waals surface area contributed by atoms with Gasteiger partial charge in [-0.3, -0.25) is 10.1 Å². The van der Waals surface area contributed by atoms with Gasteiger partial charge in [-0.2, -0.15) is 0 Å². The van der Waals surface area contributed by atoms with E-state index in [1.807, 2.05) is 0 Å². The molecule has 1 unspecified atom stereocenters. The van der Waals surface area contributed by atoms with Crippen molar-refractivity contribution in [3.05, 3.63) is 39.9 Å². The van der Waals surface area contributed by atoms with E-state index in [1.54, 1.807) is 26.8 Å². The molecule has 0 saturated heterocycles. The first-order valence-electron chi connectivity index (χ1n) is 6.46. The number of aliphatic hydroxyl groups excluding tert-OH is 1. The Morgan fingerprint density at radius 3 is 2.62 bits per heavy atom. The van der Waals surface area contributed by atoms with Crippen molar-refractivity contribution >= 4 is 11.8 Å². The third-order valence-electron chi connectivity index (χ3n) is 2.62. The highest BCUT2D eigenvalue weighted by molar-refractivity contribution is 5.67. The highest BCUT2D eigenvalue weighted by Gasteiger charge is 2.22. The number of benzene rings is 1. The Bertz CT molecular complexity index is 524. The summed E-state index contributed by atoms with van der Waals surface area (Å²) in [5.74, 6) is 0. The van der Waals surface area contributed by atoms with Crippen molar-refractivity contribution < 1.29 is 19.6 Å². The van der Waals surface area contributed by atoms with Crippen LogP contribution in [0.15, 0.2) is 24.3 Å². The molecule has 1 aromatic carbocycles.